The van der Waals surface area contributed by atoms with Crippen molar-refractivity contribution in [3.63, 3.8) is 0 Å². The van der Waals surface area contributed by atoms with Gasteiger partial charge in [-0.2, -0.15) is 0 Å². The molecule has 0 radical (unpaired) electrons. The molecule has 32 heavy (non-hydrogen) atoms. The molecule has 0 spiro atoms. The summed E-state index contributed by atoms with van der Waals surface area (Å²) in [6.45, 7) is 14.3. The molecule has 5 nitrogen and oxygen atoms in total. The summed E-state index contributed by atoms with van der Waals surface area (Å²) in [5.41, 5.74) is 2.47. The molecule has 4 rings (SSSR count). The van der Waals surface area contributed by atoms with Crippen LogP contribution in [0, 0.1) is 0 Å². The van der Waals surface area contributed by atoms with Crippen molar-refractivity contribution in [1.29, 1.82) is 0 Å². The number of aromatic nitrogens is 3. The third kappa shape index (κ3) is 5.95. The zero-order valence-electron chi connectivity index (χ0n) is 19.7. The minimum Gasteiger partial charge on any atom is -0.291 e. The van der Waals surface area contributed by atoms with E-state index in [2.05, 4.69) is 11.6 Å². The molecule has 7 heteroatoms. The van der Waals surface area contributed by atoms with Gasteiger partial charge in [0.1, 0.15) is 10.5 Å². The van der Waals surface area contributed by atoms with Gasteiger partial charge in [-0.1, -0.05) is 57.7 Å². The number of allylic oxidation sites excluding steroid dienone is 1. The van der Waals surface area contributed by atoms with Gasteiger partial charge < -0.3 is 0 Å². The molecule has 1 aliphatic carbocycles. The predicted octanol–water partition coefficient (Wildman–Crippen LogP) is 6.34. The summed E-state index contributed by atoms with van der Waals surface area (Å²) >= 11 is 2.92. The van der Waals surface area contributed by atoms with Gasteiger partial charge in [0, 0.05) is 17.6 Å². The van der Waals surface area contributed by atoms with E-state index in [0.29, 0.717) is 17.4 Å². The van der Waals surface area contributed by atoms with Crippen molar-refractivity contribution < 1.29 is 4.79 Å². The van der Waals surface area contributed by atoms with Crippen LogP contribution in [0.25, 0.3) is 10.2 Å². The van der Waals surface area contributed by atoms with Crippen LogP contribution in [0.5, 0.6) is 0 Å². The molecule has 0 fully saturated rings. The molecule has 3 aromatic heterocycles. The van der Waals surface area contributed by atoms with Crippen LogP contribution in [0.1, 0.15) is 68.4 Å². The van der Waals surface area contributed by atoms with Crippen LogP contribution in [-0.4, -0.2) is 26.1 Å². The van der Waals surface area contributed by atoms with Gasteiger partial charge in [0.25, 0.3) is 5.56 Å². The van der Waals surface area contributed by atoms with E-state index >= 15 is 0 Å². The summed E-state index contributed by atoms with van der Waals surface area (Å²) in [7, 11) is 0. The first kappa shape index (κ1) is 26.0. The molecule has 0 saturated heterocycles. The number of rotatable bonds is 6. The lowest BCUT2D eigenvalue weighted by molar-refractivity contribution is 0.101. The monoisotopic (exact) mass is 471 g/mol. The fraction of sp³-hybridized carbons (Fsp3) is 0.440. The van der Waals surface area contributed by atoms with E-state index in [1.165, 1.54) is 28.6 Å². The molecule has 0 aliphatic heterocycles. The van der Waals surface area contributed by atoms with E-state index in [1.807, 2.05) is 34.6 Å². The van der Waals surface area contributed by atoms with Gasteiger partial charge in [-0.25, -0.2) is 4.98 Å². The Morgan fingerprint density at radius 1 is 1.19 bits per heavy atom. The highest BCUT2D eigenvalue weighted by Crippen LogP contribution is 2.34. The van der Waals surface area contributed by atoms with Crippen molar-refractivity contribution in [2.75, 3.05) is 5.75 Å². The summed E-state index contributed by atoms with van der Waals surface area (Å²) in [5, 5.41) is 1.34. The molecule has 0 unspecified atom stereocenters. The minimum absolute atomic E-state index is 0.0137. The number of thioether (sulfide) groups is 1. The number of nitrogens with zero attached hydrogens (tertiary/aromatic N) is 3. The first-order valence-corrected chi connectivity index (χ1v) is 13.1. The lowest BCUT2D eigenvalue weighted by Gasteiger charge is -2.13. The van der Waals surface area contributed by atoms with Crippen molar-refractivity contribution in [1.82, 2.24) is 14.5 Å². The van der Waals surface area contributed by atoms with Gasteiger partial charge >= 0.3 is 0 Å². The van der Waals surface area contributed by atoms with E-state index in [0.717, 1.165) is 35.1 Å². The van der Waals surface area contributed by atoms with Crippen molar-refractivity contribution in [3.8, 4) is 0 Å². The largest absolute Gasteiger partial charge is 0.291 e. The molecule has 0 N–H and O–H groups in total. The molecule has 3 aromatic rings. The van der Waals surface area contributed by atoms with Gasteiger partial charge in [-0.05, 0) is 50.3 Å². The first-order valence-electron chi connectivity index (χ1n) is 11.3. The number of aryl methyl sites for hydroxylation is 2. The summed E-state index contributed by atoms with van der Waals surface area (Å²) in [5.74, 6) is 0.114. The van der Waals surface area contributed by atoms with Crippen molar-refractivity contribution in [2.45, 2.75) is 72.0 Å². The second kappa shape index (κ2) is 12.7. The van der Waals surface area contributed by atoms with E-state index in [9.17, 15) is 9.59 Å². The number of fused-ring (bicyclic) bond motifs is 3. The van der Waals surface area contributed by atoms with Crippen LogP contribution in [-0.2, 0) is 19.4 Å². The normalized spacial score (nSPS) is 12.2. The van der Waals surface area contributed by atoms with Crippen LogP contribution >= 0.6 is 23.1 Å². The Kier molecular flexibility index (Phi) is 10.3. The highest BCUT2D eigenvalue weighted by atomic mass is 32.2. The average Bonchev–Trinajstić information content (AvgIpc) is 3.21. The third-order valence-corrected chi connectivity index (χ3v) is 6.91. The Hall–Kier alpha value is -2.25. The Labute approximate surface area is 199 Å². The number of Topliss-reactive ketones (excluding diaryl/α,β-unsaturated/α-hetero) is 1. The summed E-state index contributed by atoms with van der Waals surface area (Å²) < 4.78 is 1.67. The van der Waals surface area contributed by atoms with Gasteiger partial charge in [0.15, 0.2) is 10.9 Å². The number of thiophene rings is 1. The van der Waals surface area contributed by atoms with E-state index in [4.69, 9.17) is 4.98 Å². The minimum atomic E-state index is -0.0766. The summed E-state index contributed by atoms with van der Waals surface area (Å²) in [6.07, 6.45) is 5.87. The standard InChI is InChI=1S/C21H21N3O2S2.2C2H6/c1-13(2)11-24-20(26)18-14-7-3-4-9-17(14)28-19(18)23-21(24)27-12-16(25)15-8-5-6-10-22-15;2*1-2/h5-6,8,10H,1,3-4,7,9,11-12H2,2H3;2*1-2H3. The van der Waals surface area contributed by atoms with Crippen molar-refractivity contribution in [2.24, 2.45) is 0 Å². The molecule has 1 aliphatic rings. The number of carbonyl (C=O) groups excluding carboxylic acids is 1. The van der Waals surface area contributed by atoms with Crippen LogP contribution < -0.4 is 5.56 Å². The Balaban J connectivity index is 0.000000860. The van der Waals surface area contributed by atoms with E-state index in [-0.39, 0.29) is 17.1 Å². The molecule has 172 valence electrons. The average molecular weight is 472 g/mol. The molecule has 0 atom stereocenters. The van der Waals surface area contributed by atoms with E-state index in [1.54, 1.807) is 40.3 Å². The first-order chi connectivity index (χ1) is 15.5. The fourth-order valence-electron chi connectivity index (χ4n) is 3.47. The topological polar surface area (TPSA) is 64.8 Å². The zero-order valence-corrected chi connectivity index (χ0v) is 21.4. The number of hydrogen-bond donors (Lipinski definition) is 0. The number of pyridine rings is 1. The molecule has 0 aromatic carbocycles. The molecule has 3 heterocycles. The quantitative estimate of drug-likeness (QED) is 0.182. The Morgan fingerprint density at radius 2 is 1.91 bits per heavy atom. The SMILES string of the molecule is C=C(C)Cn1c(SCC(=O)c2ccccn2)nc2sc3c(c2c1=O)CCCC3.CC.CC. The molecule has 0 saturated carbocycles. The third-order valence-electron chi connectivity index (χ3n) is 4.75. The number of ketones is 1. The van der Waals surface area contributed by atoms with Gasteiger partial charge in [0.2, 0.25) is 0 Å². The maximum Gasteiger partial charge on any atom is 0.263 e. The van der Waals surface area contributed by atoms with Crippen LogP contribution in [0.4, 0.5) is 0 Å². The van der Waals surface area contributed by atoms with Gasteiger partial charge in [-0.15, -0.1) is 11.3 Å². The van der Waals surface area contributed by atoms with Gasteiger partial charge in [-0.3, -0.25) is 19.1 Å². The lowest BCUT2D eigenvalue weighted by atomic mass is 9.97. The highest BCUT2D eigenvalue weighted by Gasteiger charge is 2.22. The van der Waals surface area contributed by atoms with Crippen LogP contribution in [0.3, 0.4) is 0 Å². The van der Waals surface area contributed by atoms with Crippen LogP contribution in [0.15, 0.2) is 46.5 Å². The maximum atomic E-state index is 13.3. The predicted molar refractivity (Wildman–Crippen MR) is 137 cm³/mol. The fourth-order valence-corrected chi connectivity index (χ4v) is 5.65. The van der Waals surface area contributed by atoms with Crippen molar-refractivity contribution >= 4 is 39.1 Å². The Bertz CT molecular complexity index is 1120. The Morgan fingerprint density at radius 3 is 2.56 bits per heavy atom. The second-order valence-corrected chi connectivity index (χ2v) is 9.09. The molecular formula is C25H33N3O2S2. The highest BCUT2D eigenvalue weighted by molar-refractivity contribution is 7.99. The summed E-state index contributed by atoms with van der Waals surface area (Å²) in [4.78, 5) is 36.7. The second-order valence-electron chi connectivity index (χ2n) is 7.06. The summed E-state index contributed by atoms with van der Waals surface area (Å²) in [6, 6.07) is 5.28. The number of hydrogen-bond acceptors (Lipinski definition) is 6. The van der Waals surface area contributed by atoms with Crippen molar-refractivity contribution in [3.05, 3.63) is 63.0 Å². The van der Waals surface area contributed by atoms with E-state index < -0.39 is 0 Å². The number of carbonyl (C=O) groups is 1. The zero-order chi connectivity index (χ0) is 23.7. The molecule has 0 amide bonds. The smallest absolute Gasteiger partial charge is 0.263 e. The maximum absolute atomic E-state index is 13.3. The van der Waals surface area contributed by atoms with Crippen LogP contribution in [0.2, 0.25) is 0 Å². The molecule has 0 bridgehead atoms. The van der Waals surface area contributed by atoms with Gasteiger partial charge in [0.05, 0.1) is 11.1 Å². The lowest BCUT2D eigenvalue weighted by Crippen LogP contribution is -2.24. The molecular weight excluding hydrogens is 438 g/mol.